The second kappa shape index (κ2) is 10.2. The Hall–Kier alpha value is -1.99. The molecule has 2 aromatic heterocycles. The summed E-state index contributed by atoms with van der Waals surface area (Å²) in [7, 11) is 0. The van der Waals surface area contributed by atoms with Gasteiger partial charge >= 0.3 is 0 Å². The molecule has 2 N–H and O–H groups in total. The minimum absolute atomic E-state index is 0.139. The first-order chi connectivity index (χ1) is 14.0. The third-order valence-corrected chi connectivity index (χ3v) is 5.86. The van der Waals surface area contributed by atoms with Crippen molar-refractivity contribution in [3.63, 3.8) is 0 Å². The predicted molar refractivity (Wildman–Crippen MR) is 122 cm³/mol. The van der Waals surface area contributed by atoms with Crippen molar-refractivity contribution in [3.8, 4) is 11.1 Å². The molecule has 3 rings (SSSR count). The third kappa shape index (κ3) is 5.54. The minimum Gasteiger partial charge on any atom is -0.392 e. The van der Waals surface area contributed by atoms with Gasteiger partial charge in [0.1, 0.15) is 10.7 Å². The quantitative estimate of drug-likeness (QED) is 0.450. The Morgan fingerprint density at radius 3 is 2.83 bits per heavy atom. The highest BCUT2D eigenvalue weighted by atomic mass is 35.5. The van der Waals surface area contributed by atoms with Gasteiger partial charge in [0.05, 0.1) is 18.0 Å². The first-order valence-corrected chi connectivity index (χ1v) is 11.0. The van der Waals surface area contributed by atoms with Crippen molar-refractivity contribution < 1.29 is 5.11 Å². The van der Waals surface area contributed by atoms with E-state index in [1.54, 1.807) is 0 Å². The molecule has 0 fully saturated rings. The van der Waals surface area contributed by atoms with Gasteiger partial charge in [0, 0.05) is 22.5 Å². The van der Waals surface area contributed by atoms with Crippen LogP contribution in [0.15, 0.2) is 47.1 Å². The van der Waals surface area contributed by atoms with E-state index < -0.39 is 6.10 Å². The van der Waals surface area contributed by atoms with Gasteiger partial charge in [-0.3, -0.25) is 9.69 Å². The molecule has 0 unspecified atom stereocenters. The average molecular weight is 432 g/mol. The summed E-state index contributed by atoms with van der Waals surface area (Å²) >= 11 is 7.44. The number of H-pyrrole nitrogens is 1. The van der Waals surface area contributed by atoms with Crippen LogP contribution in [0.5, 0.6) is 0 Å². The fourth-order valence-corrected chi connectivity index (χ4v) is 4.47. The number of allylic oxidation sites excluding steroid dienone is 1. The highest BCUT2D eigenvalue weighted by Gasteiger charge is 2.16. The summed E-state index contributed by atoms with van der Waals surface area (Å²) in [5.41, 5.74) is 1.67. The number of nitrogens with zero attached hydrogens (tertiary/aromatic N) is 2. The number of fused-ring (bicyclic) bond motifs is 1. The zero-order valence-corrected chi connectivity index (χ0v) is 18.1. The standard InChI is InChI=1S/C22H26ClN3O2S/c1-3-5-6-17(27)12-26(11-4-2)13-19-24-21(28)20-18(14-29-22(20)25-19)15-7-9-16(23)10-8-15/h3,7-10,14,17,27H,1,4-6,11-13H2,2H3,(H,24,25,28)/t17-/m0/s1. The molecule has 0 aliphatic heterocycles. The van der Waals surface area contributed by atoms with E-state index in [1.807, 2.05) is 35.7 Å². The molecule has 0 amide bonds. The Labute approximate surface area is 179 Å². The van der Waals surface area contributed by atoms with E-state index in [4.69, 9.17) is 11.6 Å². The van der Waals surface area contributed by atoms with Gasteiger partial charge in [-0.15, -0.1) is 17.9 Å². The summed E-state index contributed by atoms with van der Waals surface area (Å²) in [5, 5.41) is 13.5. The van der Waals surface area contributed by atoms with Crippen LogP contribution in [0.25, 0.3) is 21.3 Å². The summed E-state index contributed by atoms with van der Waals surface area (Å²) < 4.78 is 0. The Balaban J connectivity index is 1.84. The summed E-state index contributed by atoms with van der Waals surface area (Å²) in [6, 6.07) is 7.45. The molecule has 0 spiro atoms. The number of aliphatic hydroxyl groups is 1. The van der Waals surface area contributed by atoms with Crippen LogP contribution in [0.3, 0.4) is 0 Å². The minimum atomic E-state index is -0.423. The van der Waals surface area contributed by atoms with Crippen molar-refractivity contribution >= 4 is 33.2 Å². The van der Waals surface area contributed by atoms with E-state index >= 15 is 0 Å². The molecule has 154 valence electrons. The number of aromatic nitrogens is 2. The van der Waals surface area contributed by atoms with Crippen molar-refractivity contribution in [2.24, 2.45) is 0 Å². The summed E-state index contributed by atoms with van der Waals surface area (Å²) in [5.74, 6) is 0.622. The number of halogens is 1. The van der Waals surface area contributed by atoms with Gasteiger partial charge in [-0.1, -0.05) is 36.7 Å². The normalized spacial score (nSPS) is 12.6. The molecule has 5 nitrogen and oxygen atoms in total. The van der Waals surface area contributed by atoms with Gasteiger partial charge in [0.15, 0.2) is 0 Å². The zero-order chi connectivity index (χ0) is 20.8. The lowest BCUT2D eigenvalue weighted by atomic mass is 10.1. The van der Waals surface area contributed by atoms with Gasteiger partial charge in [-0.2, -0.15) is 0 Å². The molecule has 0 saturated carbocycles. The van der Waals surface area contributed by atoms with E-state index in [2.05, 4.69) is 28.4 Å². The molecule has 7 heteroatoms. The molecule has 0 aliphatic carbocycles. The number of nitrogens with one attached hydrogen (secondary N) is 1. The van der Waals surface area contributed by atoms with Crippen LogP contribution in [0, 0.1) is 0 Å². The van der Waals surface area contributed by atoms with Crippen LogP contribution < -0.4 is 5.56 Å². The van der Waals surface area contributed by atoms with Crippen molar-refractivity contribution in [2.45, 2.75) is 38.8 Å². The molecule has 1 aromatic carbocycles. The van der Waals surface area contributed by atoms with Crippen LogP contribution in [-0.2, 0) is 6.54 Å². The molecule has 29 heavy (non-hydrogen) atoms. The first kappa shape index (κ1) is 21.7. The Morgan fingerprint density at radius 2 is 2.14 bits per heavy atom. The number of hydrogen-bond donors (Lipinski definition) is 2. The SMILES string of the molecule is C=CCC[C@H](O)CN(CCC)Cc1nc2scc(-c3ccc(Cl)cc3)c2c(=O)[nH]1. The number of aliphatic hydroxyl groups excluding tert-OH is 1. The molecular weight excluding hydrogens is 406 g/mol. The fraction of sp³-hybridized carbons (Fsp3) is 0.364. The number of thiophene rings is 1. The van der Waals surface area contributed by atoms with Crippen molar-refractivity contribution in [1.29, 1.82) is 0 Å². The number of hydrogen-bond acceptors (Lipinski definition) is 5. The topological polar surface area (TPSA) is 69.2 Å². The summed E-state index contributed by atoms with van der Waals surface area (Å²) in [6.07, 6.45) is 3.82. The maximum absolute atomic E-state index is 12.8. The summed E-state index contributed by atoms with van der Waals surface area (Å²) in [6.45, 7) is 7.67. The Morgan fingerprint density at radius 1 is 1.38 bits per heavy atom. The second-order valence-electron chi connectivity index (χ2n) is 7.10. The van der Waals surface area contributed by atoms with E-state index in [0.29, 0.717) is 35.7 Å². The number of benzene rings is 1. The Kier molecular flexibility index (Phi) is 7.61. The van der Waals surface area contributed by atoms with Crippen LogP contribution in [0.2, 0.25) is 5.02 Å². The molecule has 0 radical (unpaired) electrons. The van der Waals surface area contributed by atoms with Gasteiger partial charge in [-0.25, -0.2) is 4.98 Å². The monoisotopic (exact) mass is 431 g/mol. The van der Waals surface area contributed by atoms with Crippen LogP contribution in [0.1, 0.15) is 32.0 Å². The molecule has 0 bridgehead atoms. The average Bonchev–Trinajstić information content (AvgIpc) is 3.11. The maximum Gasteiger partial charge on any atom is 0.260 e. The van der Waals surface area contributed by atoms with E-state index in [9.17, 15) is 9.90 Å². The smallest absolute Gasteiger partial charge is 0.260 e. The highest BCUT2D eigenvalue weighted by Crippen LogP contribution is 2.31. The molecule has 1 atom stereocenters. The van der Waals surface area contributed by atoms with Gasteiger partial charge < -0.3 is 10.1 Å². The van der Waals surface area contributed by atoms with Gasteiger partial charge in [0.25, 0.3) is 5.56 Å². The van der Waals surface area contributed by atoms with Crippen molar-refractivity contribution in [1.82, 2.24) is 14.9 Å². The lowest BCUT2D eigenvalue weighted by Crippen LogP contribution is -2.33. The number of aromatic amines is 1. The highest BCUT2D eigenvalue weighted by molar-refractivity contribution is 7.17. The molecular formula is C22H26ClN3O2S. The summed E-state index contributed by atoms with van der Waals surface area (Å²) in [4.78, 5) is 23.3. The molecule has 2 heterocycles. The van der Waals surface area contributed by atoms with Crippen molar-refractivity contribution in [2.75, 3.05) is 13.1 Å². The van der Waals surface area contributed by atoms with E-state index in [1.165, 1.54) is 11.3 Å². The van der Waals surface area contributed by atoms with Crippen molar-refractivity contribution in [3.05, 3.63) is 63.5 Å². The lowest BCUT2D eigenvalue weighted by molar-refractivity contribution is 0.101. The first-order valence-electron chi connectivity index (χ1n) is 9.79. The number of rotatable bonds is 10. The largest absolute Gasteiger partial charge is 0.392 e. The third-order valence-electron chi connectivity index (χ3n) is 4.73. The predicted octanol–water partition coefficient (Wildman–Crippen LogP) is 4.84. The van der Waals surface area contributed by atoms with Crippen LogP contribution in [-0.4, -0.2) is 39.2 Å². The van der Waals surface area contributed by atoms with Gasteiger partial charge in [0.2, 0.25) is 0 Å². The van der Waals surface area contributed by atoms with E-state index in [0.717, 1.165) is 35.3 Å². The lowest BCUT2D eigenvalue weighted by Gasteiger charge is -2.24. The van der Waals surface area contributed by atoms with Crippen LogP contribution in [0.4, 0.5) is 0 Å². The molecule has 0 saturated heterocycles. The molecule has 3 aromatic rings. The second-order valence-corrected chi connectivity index (χ2v) is 8.40. The zero-order valence-electron chi connectivity index (χ0n) is 16.5. The van der Waals surface area contributed by atoms with Gasteiger partial charge in [-0.05, 0) is 43.5 Å². The van der Waals surface area contributed by atoms with Crippen LogP contribution >= 0.6 is 22.9 Å². The molecule has 0 aliphatic rings. The maximum atomic E-state index is 12.8. The van der Waals surface area contributed by atoms with E-state index in [-0.39, 0.29) is 5.56 Å². The Bertz CT molecular complexity index is 1010. The fourth-order valence-electron chi connectivity index (χ4n) is 3.37.